The highest BCUT2D eigenvalue weighted by molar-refractivity contribution is 9.10. The predicted molar refractivity (Wildman–Crippen MR) is 72.1 cm³/mol. The molecule has 0 saturated carbocycles. The van der Waals surface area contributed by atoms with Crippen LogP contribution in [0.4, 0.5) is 0 Å². The van der Waals surface area contributed by atoms with Gasteiger partial charge in [0.15, 0.2) is 0 Å². The minimum atomic E-state index is -3.81. The third-order valence-electron chi connectivity index (χ3n) is 2.21. The zero-order chi connectivity index (χ0) is 13.8. The number of halogens is 2. The summed E-state index contributed by atoms with van der Waals surface area (Å²) in [6.07, 6.45) is 0. The van der Waals surface area contributed by atoms with E-state index in [9.17, 15) is 8.42 Å². The van der Waals surface area contributed by atoms with Crippen molar-refractivity contribution in [3.05, 3.63) is 27.7 Å². The number of hydrogen-bond acceptors (Lipinski definition) is 4. The van der Waals surface area contributed by atoms with Crippen LogP contribution < -0.4 is 0 Å². The number of rotatable bonds is 6. The topological polar surface area (TPSA) is 77.8 Å². The summed E-state index contributed by atoms with van der Waals surface area (Å²) in [5.41, 5.74) is 0. The largest absolute Gasteiger partial charge is 0.395 e. The van der Waals surface area contributed by atoms with Crippen LogP contribution in [0, 0.1) is 0 Å². The number of sulfonamides is 1. The van der Waals surface area contributed by atoms with Crippen molar-refractivity contribution in [2.24, 2.45) is 0 Å². The Bertz CT molecular complexity index is 503. The van der Waals surface area contributed by atoms with E-state index < -0.39 is 10.0 Å². The van der Waals surface area contributed by atoms with Gasteiger partial charge in [0.2, 0.25) is 10.0 Å². The van der Waals surface area contributed by atoms with E-state index in [1.165, 1.54) is 12.1 Å². The van der Waals surface area contributed by atoms with Crippen LogP contribution in [0.1, 0.15) is 0 Å². The number of aliphatic hydroxyl groups excluding tert-OH is 2. The van der Waals surface area contributed by atoms with Crippen LogP contribution in [-0.2, 0) is 10.0 Å². The first-order valence-electron chi connectivity index (χ1n) is 5.10. The van der Waals surface area contributed by atoms with Crippen LogP contribution in [0.25, 0.3) is 0 Å². The standard InChI is InChI=1S/C10H13BrClNO4S/c11-8-1-2-10(9(12)7-8)18(16,17)13(3-5-14)4-6-15/h1-2,7,14-15H,3-6H2. The summed E-state index contributed by atoms with van der Waals surface area (Å²) < 4.78 is 26.2. The van der Waals surface area contributed by atoms with Gasteiger partial charge in [0.05, 0.1) is 18.2 Å². The summed E-state index contributed by atoms with van der Waals surface area (Å²) in [6.45, 7) is -0.828. The average Bonchev–Trinajstić information content (AvgIpc) is 2.28. The molecule has 1 aromatic rings. The molecule has 2 N–H and O–H groups in total. The maximum absolute atomic E-state index is 12.2. The molecule has 0 bridgehead atoms. The molecule has 0 aromatic heterocycles. The zero-order valence-electron chi connectivity index (χ0n) is 9.38. The van der Waals surface area contributed by atoms with Gasteiger partial charge in [-0.2, -0.15) is 4.31 Å². The molecule has 0 spiro atoms. The maximum atomic E-state index is 12.2. The Morgan fingerprint density at radius 1 is 1.22 bits per heavy atom. The molecule has 0 aliphatic carbocycles. The van der Waals surface area contributed by atoms with Crippen molar-refractivity contribution in [3.63, 3.8) is 0 Å². The van der Waals surface area contributed by atoms with Crippen molar-refractivity contribution in [2.45, 2.75) is 4.90 Å². The van der Waals surface area contributed by atoms with Gasteiger partial charge in [-0.05, 0) is 18.2 Å². The van der Waals surface area contributed by atoms with Gasteiger partial charge >= 0.3 is 0 Å². The van der Waals surface area contributed by atoms with Crippen molar-refractivity contribution in [2.75, 3.05) is 26.3 Å². The summed E-state index contributed by atoms with van der Waals surface area (Å²) in [7, 11) is -3.81. The molecule has 0 heterocycles. The van der Waals surface area contributed by atoms with E-state index in [0.717, 1.165) is 4.31 Å². The number of aliphatic hydroxyl groups is 2. The van der Waals surface area contributed by atoms with E-state index in [1.807, 2.05) is 0 Å². The van der Waals surface area contributed by atoms with Gasteiger partial charge in [-0.3, -0.25) is 0 Å². The summed E-state index contributed by atoms with van der Waals surface area (Å²) in [5, 5.41) is 17.8. The normalized spacial score (nSPS) is 12.1. The molecule has 0 unspecified atom stereocenters. The maximum Gasteiger partial charge on any atom is 0.244 e. The molecule has 1 aromatic carbocycles. The average molecular weight is 359 g/mol. The lowest BCUT2D eigenvalue weighted by atomic mass is 10.4. The molecule has 0 amide bonds. The molecule has 0 saturated heterocycles. The Labute approximate surface area is 119 Å². The second-order valence-electron chi connectivity index (χ2n) is 3.43. The highest BCUT2D eigenvalue weighted by Crippen LogP contribution is 2.27. The molecular weight excluding hydrogens is 346 g/mol. The molecule has 0 fully saturated rings. The Kier molecular flexibility index (Phi) is 6.03. The van der Waals surface area contributed by atoms with E-state index in [4.69, 9.17) is 21.8 Å². The minimum absolute atomic E-state index is 0.0470. The molecule has 5 nitrogen and oxygen atoms in total. The molecule has 0 radical (unpaired) electrons. The lowest BCUT2D eigenvalue weighted by Crippen LogP contribution is -2.36. The molecular formula is C10H13BrClNO4S. The fraction of sp³-hybridized carbons (Fsp3) is 0.400. The molecule has 0 aliphatic rings. The third-order valence-corrected chi connectivity index (χ3v) is 5.09. The first kappa shape index (κ1) is 15.9. The second-order valence-corrected chi connectivity index (χ2v) is 6.66. The quantitative estimate of drug-likeness (QED) is 0.797. The highest BCUT2D eigenvalue weighted by atomic mass is 79.9. The van der Waals surface area contributed by atoms with Crippen LogP contribution in [-0.4, -0.2) is 49.2 Å². The van der Waals surface area contributed by atoms with Crippen LogP contribution in [0.2, 0.25) is 5.02 Å². The number of benzene rings is 1. The van der Waals surface area contributed by atoms with Crippen molar-refractivity contribution >= 4 is 37.6 Å². The lowest BCUT2D eigenvalue weighted by Gasteiger charge is -2.20. The summed E-state index contributed by atoms with van der Waals surface area (Å²) in [5.74, 6) is 0. The minimum Gasteiger partial charge on any atom is -0.395 e. The van der Waals surface area contributed by atoms with Crippen LogP contribution in [0.5, 0.6) is 0 Å². The van der Waals surface area contributed by atoms with Crippen molar-refractivity contribution in [1.29, 1.82) is 0 Å². The second kappa shape index (κ2) is 6.83. The van der Waals surface area contributed by atoms with Gasteiger partial charge in [-0.1, -0.05) is 27.5 Å². The summed E-state index contributed by atoms with van der Waals surface area (Å²) in [4.78, 5) is -0.0470. The number of hydrogen-bond donors (Lipinski definition) is 2. The smallest absolute Gasteiger partial charge is 0.244 e. The van der Waals surface area contributed by atoms with Crippen molar-refractivity contribution in [1.82, 2.24) is 4.31 Å². The first-order chi connectivity index (χ1) is 8.43. The Morgan fingerprint density at radius 2 is 1.78 bits per heavy atom. The SMILES string of the molecule is O=S(=O)(c1ccc(Br)cc1Cl)N(CCO)CCO. The van der Waals surface area contributed by atoms with Gasteiger partial charge < -0.3 is 10.2 Å². The van der Waals surface area contributed by atoms with Gasteiger partial charge in [-0.15, -0.1) is 0 Å². The van der Waals surface area contributed by atoms with E-state index in [0.29, 0.717) is 4.47 Å². The summed E-state index contributed by atoms with van der Waals surface area (Å²) >= 11 is 9.09. The van der Waals surface area contributed by atoms with Gasteiger partial charge in [0.1, 0.15) is 4.90 Å². The van der Waals surface area contributed by atoms with E-state index >= 15 is 0 Å². The third kappa shape index (κ3) is 3.66. The van der Waals surface area contributed by atoms with Crippen molar-refractivity contribution in [3.8, 4) is 0 Å². The number of nitrogens with zero attached hydrogens (tertiary/aromatic N) is 1. The monoisotopic (exact) mass is 357 g/mol. The van der Waals surface area contributed by atoms with Gasteiger partial charge in [0, 0.05) is 17.6 Å². The molecule has 8 heteroatoms. The molecule has 102 valence electrons. The van der Waals surface area contributed by atoms with Gasteiger partial charge in [0.25, 0.3) is 0 Å². The predicted octanol–water partition coefficient (Wildman–Crippen LogP) is 1.08. The Balaban J connectivity index is 3.17. The lowest BCUT2D eigenvalue weighted by molar-refractivity contribution is 0.217. The molecule has 1 rings (SSSR count). The van der Waals surface area contributed by atoms with E-state index in [-0.39, 0.29) is 36.2 Å². The van der Waals surface area contributed by atoms with E-state index in [1.54, 1.807) is 6.07 Å². The molecule has 0 atom stereocenters. The highest BCUT2D eigenvalue weighted by Gasteiger charge is 2.25. The Morgan fingerprint density at radius 3 is 2.22 bits per heavy atom. The molecule has 0 aliphatic heterocycles. The van der Waals surface area contributed by atoms with Crippen LogP contribution >= 0.6 is 27.5 Å². The van der Waals surface area contributed by atoms with Gasteiger partial charge in [-0.25, -0.2) is 8.42 Å². The van der Waals surface area contributed by atoms with E-state index in [2.05, 4.69) is 15.9 Å². The van der Waals surface area contributed by atoms with Crippen molar-refractivity contribution < 1.29 is 18.6 Å². The fourth-order valence-electron chi connectivity index (χ4n) is 1.40. The zero-order valence-corrected chi connectivity index (χ0v) is 12.5. The fourth-order valence-corrected chi connectivity index (χ4v) is 3.83. The molecule has 18 heavy (non-hydrogen) atoms. The first-order valence-corrected chi connectivity index (χ1v) is 7.71. The van der Waals surface area contributed by atoms with Crippen LogP contribution in [0.15, 0.2) is 27.6 Å². The van der Waals surface area contributed by atoms with Crippen LogP contribution in [0.3, 0.4) is 0 Å². The Hall–Kier alpha value is -0.180. The summed E-state index contributed by atoms with van der Waals surface area (Å²) in [6, 6.07) is 4.42.